The summed E-state index contributed by atoms with van der Waals surface area (Å²) in [5, 5.41) is 9.12. The summed E-state index contributed by atoms with van der Waals surface area (Å²) in [4.78, 5) is 7.35. The topological polar surface area (TPSA) is 92.5 Å². The predicted octanol–water partition coefficient (Wildman–Crippen LogP) is 2.16. The molecule has 102 valence electrons. The minimum atomic E-state index is -4.57. The summed E-state index contributed by atoms with van der Waals surface area (Å²) in [6, 6.07) is 0. The highest BCUT2D eigenvalue weighted by Crippen LogP contribution is 2.35. The van der Waals surface area contributed by atoms with Gasteiger partial charge in [-0.3, -0.25) is 5.10 Å². The van der Waals surface area contributed by atoms with Gasteiger partial charge in [0.05, 0.1) is 11.9 Å². The highest BCUT2D eigenvalue weighted by Gasteiger charge is 2.36. The third-order valence-corrected chi connectivity index (χ3v) is 2.47. The Kier molecular flexibility index (Phi) is 3.05. The lowest BCUT2D eigenvalue weighted by molar-refractivity contribution is -0.137. The van der Waals surface area contributed by atoms with E-state index in [4.69, 9.17) is 5.73 Å². The van der Waals surface area contributed by atoms with Gasteiger partial charge in [-0.2, -0.15) is 23.3 Å². The van der Waals surface area contributed by atoms with Crippen LogP contribution in [0, 0.1) is 13.8 Å². The molecule has 0 spiro atoms. The van der Waals surface area contributed by atoms with Crippen molar-refractivity contribution < 1.29 is 13.2 Å². The van der Waals surface area contributed by atoms with E-state index in [1.807, 2.05) is 0 Å². The van der Waals surface area contributed by atoms with Crippen LogP contribution in [0.2, 0.25) is 0 Å². The van der Waals surface area contributed by atoms with Crippen LogP contribution >= 0.6 is 0 Å². The van der Waals surface area contributed by atoms with E-state index in [2.05, 4.69) is 25.5 Å². The smallest absolute Gasteiger partial charge is 0.383 e. The van der Waals surface area contributed by atoms with Gasteiger partial charge in [-0.25, -0.2) is 4.98 Å². The number of nitrogens with one attached hydrogen (secondary N) is 2. The van der Waals surface area contributed by atoms with E-state index in [1.54, 1.807) is 13.1 Å². The first-order valence-corrected chi connectivity index (χ1v) is 5.27. The fourth-order valence-corrected chi connectivity index (χ4v) is 1.59. The highest BCUT2D eigenvalue weighted by atomic mass is 19.4. The van der Waals surface area contributed by atoms with Gasteiger partial charge in [-0.15, -0.1) is 0 Å². The van der Waals surface area contributed by atoms with Gasteiger partial charge in [0.15, 0.2) is 0 Å². The van der Waals surface area contributed by atoms with Crippen LogP contribution in [0.4, 0.5) is 30.8 Å². The van der Waals surface area contributed by atoms with Gasteiger partial charge in [0.25, 0.3) is 0 Å². The van der Waals surface area contributed by atoms with E-state index in [-0.39, 0.29) is 11.6 Å². The lowest BCUT2D eigenvalue weighted by Gasteiger charge is -2.13. The third kappa shape index (κ3) is 2.59. The molecule has 2 rings (SSSR count). The van der Waals surface area contributed by atoms with Crippen LogP contribution in [0.3, 0.4) is 0 Å². The Labute approximate surface area is 106 Å². The first kappa shape index (κ1) is 13.1. The standard InChI is InChI=1S/C10H11F3N6/c1-4-3-15-19-8(4)18-9-16-5(2)6(7(14)17-9)10(11,12)13/h3H,1-2H3,(H4,14,15,16,17,18,19). The van der Waals surface area contributed by atoms with E-state index in [1.165, 1.54) is 6.92 Å². The van der Waals surface area contributed by atoms with Crippen LogP contribution in [0.1, 0.15) is 16.8 Å². The molecular formula is C10H11F3N6. The van der Waals surface area contributed by atoms with Crippen LogP contribution in [-0.2, 0) is 6.18 Å². The zero-order valence-corrected chi connectivity index (χ0v) is 10.1. The summed E-state index contributed by atoms with van der Waals surface area (Å²) < 4.78 is 38.1. The van der Waals surface area contributed by atoms with Crippen LogP contribution < -0.4 is 11.1 Å². The summed E-state index contributed by atoms with van der Waals surface area (Å²) in [6.07, 6.45) is -3.01. The molecular weight excluding hydrogens is 261 g/mol. The summed E-state index contributed by atoms with van der Waals surface area (Å²) in [6.45, 7) is 3.00. The first-order valence-electron chi connectivity index (χ1n) is 5.27. The monoisotopic (exact) mass is 272 g/mol. The molecule has 0 saturated heterocycles. The molecule has 0 radical (unpaired) electrons. The van der Waals surface area contributed by atoms with Gasteiger partial charge in [-0.1, -0.05) is 0 Å². The van der Waals surface area contributed by atoms with Gasteiger partial charge >= 0.3 is 6.18 Å². The average molecular weight is 272 g/mol. The molecule has 2 aromatic heterocycles. The number of nitrogens with two attached hydrogens (primary N) is 1. The number of nitrogen functional groups attached to an aromatic ring is 1. The average Bonchev–Trinajstić information content (AvgIpc) is 2.61. The molecule has 0 fully saturated rings. The summed E-state index contributed by atoms with van der Waals surface area (Å²) in [5.74, 6) is -0.131. The number of alkyl halides is 3. The zero-order valence-electron chi connectivity index (χ0n) is 10.1. The van der Waals surface area contributed by atoms with Crippen LogP contribution in [0.25, 0.3) is 0 Å². The fraction of sp³-hybridized carbons (Fsp3) is 0.300. The number of rotatable bonds is 2. The van der Waals surface area contributed by atoms with Crippen molar-refractivity contribution in [1.29, 1.82) is 0 Å². The van der Waals surface area contributed by atoms with Crippen molar-refractivity contribution in [3.05, 3.63) is 23.0 Å². The number of aromatic amines is 1. The number of aromatic nitrogens is 4. The van der Waals surface area contributed by atoms with Gasteiger partial charge < -0.3 is 11.1 Å². The van der Waals surface area contributed by atoms with E-state index in [0.717, 1.165) is 5.56 Å². The number of hydrogen-bond donors (Lipinski definition) is 3. The maximum Gasteiger partial charge on any atom is 0.421 e. The third-order valence-electron chi connectivity index (χ3n) is 2.47. The molecule has 0 amide bonds. The number of H-pyrrole nitrogens is 1. The number of hydrogen-bond acceptors (Lipinski definition) is 5. The van der Waals surface area contributed by atoms with Gasteiger partial charge in [-0.05, 0) is 13.8 Å². The molecule has 19 heavy (non-hydrogen) atoms. The Morgan fingerprint density at radius 3 is 2.42 bits per heavy atom. The SMILES string of the molecule is Cc1cn[nH]c1Nc1nc(C)c(C(F)(F)F)c(N)n1. The van der Waals surface area contributed by atoms with Crippen molar-refractivity contribution in [3.63, 3.8) is 0 Å². The Bertz CT molecular complexity index is 581. The van der Waals surface area contributed by atoms with Crippen molar-refractivity contribution >= 4 is 17.6 Å². The summed E-state index contributed by atoms with van der Waals surface area (Å²) in [5.41, 5.74) is 4.87. The van der Waals surface area contributed by atoms with E-state index < -0.39 is 17.6 Å². The number of nitrogens with zero attached hydrogens (tertiary/aromatic N) is 3. The molecule has 2 heterocycles. The lowest BCUT2D eigenvalue weighted by atomic mass is 10.2. The van der Waals surface area contributed by atoms with Crippen molar-refractivity contribution in [1.82, 2.24) is 20.2 Å². The minimum Gasteiger partial charge on any atom is -0.383 e. The van der Waals surface area contributed by atoms with E-state index >= 15 is 0 Å². The van der Waals surface area contributed by atoms with Crippen LogP contribution in [-0.4, -0.2) is 20.2 Å². The summed E-state index contributed by atoms with van der Waals surface area (Å²) in [7, 11) is 0. The molecule has 0 aromatic carbocycles. The first-order chi connectivity index (χ1) is 8.79. The maximum atomic E-state index is 12.7. The molecule has 4 N–H and O–H groups in total. The maximum absolute atomic E-state index is 12.7. The molecule has 0 unspecified atom stereocenters. The second kappa shape index (κ2) is 4.41. The normalized spacial score (nSPS) is 11.6. The Morgan fingerprint density at radius 1 is 1.26 bits per heavy atom. The lowest BCUT2D eigenvalue weighted by Crippen LogP contribution is -2.15. The molecule has 0 aliphatic carbocycles. The Balaban J connectivity index is 2.38. The van der Waals surface area contributed by atoms with Gasteiger partial charge in [0, 0.05) is 5.56 Å². The van der Waals surface area contributed by atoms with E-state index in [0.29, 0.717) is 5.82 Å². The molecule has 0 bridgehead atoms. The van der Waals surface area contributed by atoms with Crippen LogP contribution in [0.5, 0.6) is 0 Å². The molecule has 0 aliphatic heterocycles. The van der Waals surface area contributed by atoms with Crippen molar-refractivity contribution in [2.75, 3.05) is 11.1 Å². The molecule has 2 aromatic rings. The van der Waals surface area contributed by atoms with Gasteiger partial charge in [0.1, 0.15) is 17.2 Å². The second-order valence-electron chi connectivity index (χ2n) is 3.94. The number of anilines is 3. The quantitative estimate of drug-likeness (QED) is 0.779. The Hall–Kier alpha value is -2.32. The van der Waals surface area contributed by atoms with Crippen molar-refractivity contribution in [2.24, 2.45) is 0 Å². The number of halogens is 3. The van der Waals surface area contributed by atoms with E-state index in [9.17, 15) is 13.2 Å². The second-order valence-corrected chi connectivity index (χ2v) is 3.94. The molecule has 9 heteroatoms. The largest absolute Gasteiger partial charge is 0.421 e. The highest BCUT2D eigenvalue weighted by molar-refractivity contribution is 5.56. The Morgan fingerprint density at radius 2 is 1.95 bits per heavy atom. The number of aryl methyl sites for hydroxylation is 2. The molecule has 6 nitrogen and oxygen atoms in total. The van der Waals surface area contributed by atoms with Gasteiger partial charge in [0.2, 0.25) is 5.95 Å². The molecule has 0 atom stereocenters. The zero-order chi connectivity index (χ0) is 14.2. The predicted molar refractivity (Wildman–Crippen MR) is 62.8 cm³/mol. The van der Waals surface area contributed by atoms with Crippen LogP contribution in [0.15, 0.2) is 6.20 Å². The minimum absolute atomic E-state index is 0.0182. The summed E-state index contributed by atoms with van der Waals surface area (Å²) >= 11 is 0. The fourth-order valence-electron chi connectivity index (χ4n) is 1.59. The molecule has 0 saturated carbocycles. The molecule has 0 aliphatic rings. The van der Waals surface area contributed by atoms with Crippen molar-refractivity contribution in [3.8, 4) is 0 Å². The van der Waals surface area contributed by atoms with Crippen molar-refractivity contribution in [2.45, 2.75) is 20.0 Å².